The second-order valence-electron chi connectivity index (χ2n) is 7.54. The van der Waals surface area contributed by atoms with Gasteiger partial charge in [0.1, 0.15) is 6.42 Å². The third kappa shape index (κ3) is 6.55. The maximum Gasteiger partial charge on any atom is 0.315 e. The number of nitrogens with one attached hydrogen (secondary N) is 2. The topological polar surface area (TPSA) is 87.7 Å². The van der Waals surface area contributed by atoms with Crippen LogP contribution in [0.15, 0.2) is 24.3 Å². The average Bonchev–Trinajstić information content (AvgIpc) is 2.68. The summed E-state index contributed by atoms with van der Waals surface area (Å²) in [5.41, 5.74) is 1.60. The second kappa shape index (κ2) is 10.7. The molecule has 2 rings (SSSR count). The van der Waals surface area contributed by atoms with Crippen LogP contribution in [0, 0.1) is 5.92 Å². The van der Waals surface area contributed by atoms with Gasteiger partial charge in [-0.05, 0) is 37.3 Å². The smallest absolute Gasteiger partial charge is 0.315 e. The molecule has 0 saturated carbocycles. The van der Waals surface area contributed by atoms with Crippen molar-refractivity contribution in [2.45, 2.75) is 45.6 Å². The first kappa shape index (κ1) is 21.7. The summed E-state index contributed by atoms with van der Waals surface area (Å²) in [6.45, 7) is 6.40. The second-order valence-corrected chi connectivity index (χ2v) is 7.54. The van der Waals surface area contributed by atoms with E-state index < -0.39 is 5.97 Å². The fourth-order valence-corrected chi connectivity index (χ4v) is 3.26. The van der Waals surface area contributed by atoms with Gasteiger partial charge in [0.05, 0.1) is 12.7 Å². The highest BCUT2D eigenvalue weighted by atomic mass is 16.5. The summed E-state index contributed by atoms with van der Waals surface area (Å²) in [5, 5.41) is 5.89. The molecule has 7 nitrogen and oxygen atoms in total. The molecule has 2 N–H and O–H groups in total. The van der Waals surface area contributed by atoms with Crippen molar-refractivity contribution in [2.75, 3.05) is 31.6 Å². The minimum atomic E-state index is -0.535. The first-order chi connectivity index (χ1) is 13.4. The van der Waals surface area contributed by atoms with E-state index in [4.69, 9.17) is 0 Å². The number of carbonyl (C=O) groups excluding carboxylic acids is 3. The van der Waals surface area contributed by atoms with Gasteiger partial charge in [0.2, 0.25) is 5.91 Å². The van der Waals surface area contributed by atoms with E-state index in [1.165, 1.54) is 7.11 Å². The number of hydrogen-bond donors (Lipinski definition) is 2. The molecule has 28 heavy (non-hydrogen) atoms. The number of rotatable bonds is 8. The zero-order valence-electron chi connectivity index (χ0n) is 17.0. The Labute approximate surface area is 166 Å². The van der Waals surface area contributed by atoms with E-state index in [2.05, 4.69) is 34.1 Å². The number of nitrogens with zero attached hydrogens (tertiary/aromatic N) is 1. The SMILES string of the molecule is COC(=O)CC(=O)NC1CCN(c2ccccc2C(=O)NCCC(C)C)CC1. The molecule has 1 heterocycles. The number of ether oxygens (including phenoxy) is 1. The average molecular weight is 389 g/mol. The van der Waals surface area contributed by atoms with Gasteiger partial charge in [-0.2, -0.15) is 0 Å². The molecule has 0 bridgehead atoms. The normalized spacial score (nSPS) is 14.6. The molecule has 154 valence electrons. The van der Waals surface area contributed by atoms with Crippen LogP contribution in [0.4, 0.5) is 5.69 Å². The van der Waals surface area contributed by atoms with Gasteiger partial charge in [0, 0.05) is 31.4 Å². The van der Waals surface area contributed by atoms with Crippen molar-refractivity contribution in [3.8, 4) is 0 Å². The van der Waals surface area contributed by atoms with Crippen LogP contribution in [0.3, 0.4) is 0 Å². The predicted molar refractivity (Wildman–Crippen MR) is 108 cm³/mol. The lowest BCUT2D eigenvalue weighted by molar-refractivity contribution is -0.144. The van der Waals surface area contributed by atoms with Crippen molar-refractivity contribution in [1.82, 2.24) is 10.6 Å². The Hall–Kier alpha value is -2.57. The summed E-state index contributed by atoms with van der Waals surface area (Å²) >= 11 is 0. The van der Waals surface area contributed by atoms with Gasteiger partial charge in [0.15, 0.2) is 0 Å². The summed E-state index contributed by atoms with van der Waals surface area (Å²) in [6, 6.07) is 7.66. The summed E-state index contributed by atoms with van der Waals surface area (Å²) < 4.78 is 4.52. The number of benzene rings is 1. The summed E-state index contributed by atoms with van der Waals surface area (Å²) in [6.07, 6.45) is 2.22. The molecular weight excluding hydrogens is 358 g/mol. The van der Waals surface area contributed by atoms with Crippen molar-refractivity contribution >= 4 is 23.5 Å². The molecule has 0 aromatic heterocycles. The quantitative estimate of drug-likeness (QED) is 0.525. The Morgan fingerprint density at radius 1 is 1.18 bits per heavy atom. The molecule has 0 unspecified atom stereocenters. The van der Waals surface area contributed by atoms with E-state index >= 15 is 0 Å². The van der Waals surface area contributed by atoms with Gasteiger partial charge in [0.25, 0.3) is 5.91 Å². The fourth-order valence-electron chi connectivity index (χ4n) is 3.26. The van der Waals surface area contributed by atoms with Crippen LogP contribution in [-0.4, -0.2) is 50.6 Å². The first-order valence-corrected chi connectivity index (χ1v) is 9.89. The summed E-state index contributed by atoms with van der Waals surface area (Å²) in [4.78, 5) is 37.8. The monoisotopic (exact) mass is 389 g/mol. The zero-order valence-corrected chi connectivity index (χ0v) is 17.0. The minimum absolute atomic E-state index is 0.0282. The third-order valence-corrected chi connectivity index (χ3v) is 4.89. The zero-order chi connectivity index (χ0) is 20.5. The maximum absolute atomic E-state index is 12.6. The van der Waals surface area contributed by atoms with Crippen molar-refractivity contribution < 1.29 is 19.1 Å². The van der Waals surface area contributed by atoms with Crippen molar-refractivity contribution in [1.29, 1.82) is 0 Å². The van der Waals surface area contributed by atoms with E-state index in [9.17, 15) is 14.4 Å². The lowest BCUT2D eigenvalue weighted by Crippen LogP contribution is -2.45. The van der Waals surface area contributed by atoms with Gasteiger partial charge in [-0.15, -0.1) is 0 Å². The number of para-hydroxylation sites is 1. The van der Waals surface area contributed by atoms with Crippen LogP contribution in [0.1, 0.15) is 49.9 Å². The Bertz CT molecular complexity index is 682. The Kier molecular flexibility index (Phi) is 8.29. The minimum Gasteiger partial charge on any atom is -0.469 e. The van der Waals surface area contributed by atoms with E-state index in [1.54, 1.807) is 0 Å². The van der Waals surface area contributed by atoms with Crippen LogP contribution >= 0.6 is 0 Å². The third-order valence-electron chi connectivity index (χ3n) is 4.89. The highest BCUT2D eigenvalue weighted by Crippen LogP contribution is 2.24. The van der Waals surface area contributed by atoms with E-state index in [-0.39, 0.29) is 24.3 Å². The lowest BCUT2D eigenvalue weighted by Gasteiger charge is -2.34. The molecule has 1 aliphatic rings. The van der Waals surface area contributed by atoms with E-state index in [0.717, 1.165) is 38.0 Å². The number of esters is 1. The highest BCUT2D eigenvalue weighted by Gasteiger charge is 2.24. The number of amides is 2. The van der Waals surface area contributed by atoms with E-state index in [1.807, 2.05) is 24.3 Å². The molecule has 2 amide bonds. The fraction of sp³-hybridized carbons (Fsp3) is 0.571. The molecule has 1 aromatic rings. The van der Waals surface area contributed by atoms with E-state index in [0.29, 0.717) is 18.0 Å². The summed E-state index contributed by atoms with van der Waals surface area (Å²) in [5.74, 6) is -0.351. The van der Waals surface area contributed by atoms with Crippen LogP contribution in [0.5, 0.6) is 0 Å². The molecule has 7 heteroatoms. The van der Waals surface area contributed by atoms with Crippen molar-refractivity contribution in [2.24, 2.45) is 5.92 Å². The largest absolute Gasteiger partial charge is 0.469 e. The molecule has 0 radical (unpaired) electrons. The number of anilines is 1. The standard InChI is InChI=1S/C21H31N3O4/c1-15(2)8-11-22-21(27)17-6-4-5-7-18(17)24-12-9-16(10-13-24)23-19(25)14-20(26)28-3/h4-7,15-16H,8-14H2,1-3H3,(H,22,27)(H,23,25). The molecule has 1 aliphatic heterocycles. The molecular formula is C21H31N3O4. The molecule has 0 spiro atoms. The van der Waals surface area contributed by atoms with Gasteiger partial charge in [-0.3, -0.25) is 14.4 Å². The number of hydrogen-bond acceptors (Lipinski definition) is 5. The Balaban J connectivity index is 1.91. The van der Waals surface area contributed by atoms with Gasteiger partial charge in [-0.1, -0.05) is 26.0 Å². The van der Waals surface area contributed by atoms with Crippen LogP contribution < -0.4 is 15.5 Å². The first-order valence-electron chi connectivity index (χ1n) is 9.89. The van der Waals surface area contributed by atoms with Gasteiger partial charge >= 0.3 is 5.97 Å². The van der Waals surface area contributed by atoms with Crippen molar-refractivity contribution in [3.63, 3.8) is 0 Å². The molecule has 1 aromatic carbocycles. The molecule has 1 fully saturated rings. The number of piperidine rings is 1. The van der Waals surface area contributed by atoms with Crippen LogP contribution in [0.2, 0.25) is 0 Å². The Morgan fingerprint density at radius 3 is 2.50 bits per heavy atom. The molecule has 0 aliphatic carbocycles. The van der Waals surface area contributed by atoms with Crippen LogP contribution in [-0.2, 0) is 14.3 Å². The lowest BCUT2D eigenvalue weighted by atomic mass is 10.0. The number of carbonyl (C=O) groups is 3. The molecule has 0 atom stereocenters. The predicted octanol–water partition coefficient (Wildman–Crippen LogP) is 2.11. The maximum atomic E-state index is 12.6. The number of methoxy groups -OCH3 is 1. The Morgan fingerprint density at radius 2 is 1.86 bits per heavy atom. The van der Waals surface area contributed by atoms with Gasteiger partial charge < -0.3 is 20.3 Å². The van der Waals surface area contributed by atoms with Crippen LogP contribution in [0.25, 0.3) is 0 Å². The molecule has 1 saturated heterocycles. The summed E-state index contributed by atoms with van der Waals surface area (Å²) in [7, 11) is 1.27. The van der Waals surface area contributed by atoms with Gasteiger partial charge in [-0.25, -0.2) is 0 Å². The van der Waals surface area contributed by atoms with Crippen molar-refractivity contribution in [3.05, 3.63) is 29.8 Å². The highest BCUT2D eigenvalue weighted by molar-refractivity contribution is 5.99.